The minimum atomic E-state index is -0.789. The summed E-state index contributed by atoms with van der Waals surface area (Å²) in [5.74, 6) is -0.849. The first-order chi connectivity index (χ1) is 8.91. The van der Waals surface area contributed by atoms with Crippen molar-refractivity contribution in [2.24, 2.45) is 0 Å². The standard InChI is InChI=1S/C14H9BrCl2F2/c1-7-5-8(10(16)6-12(7)19)14(17)13-9(15)3-2-4-11(13)18/h2-6,14H,1H3. The summed E-state index contributed by atoms with van der Waals surface area (Å²) in [6, 6.07) is 7.31. The van der Waals surface area contributed by atoms with Crippen LogP contribution in [-0.2, 0) is 0 Å². The maximum Gasteiger partial charge on any atom is 0.129 e. The predicted octanol–water partition coefficient (Wildman–Crippen LogP) is 6.02. The maximum absolute atomic E-state index is 13.9. The minimum Gasteiger partial charge on any atom is -0.207 e. The Kier molecular flexibility index (Phi) is 4.49. The van der Waals surface area contributed by atoms with Crippen molar-refractivity contribution in [1.29, 1.82) is 0 Å². The fraction of sp³-hybridized carbons (Fsp3) is 0.143. The Morgan fingerprint density at radius 3 is 2.47 bits per heavy atom. The van der Waals surface area contributed by atoms with Gasteiger partial charge in [-0.2, -0.15) is 0 Å². The lowest BCUT2D eigenvalue weighted by Gasteiger charge is -2.15. The second kappa shape index (κ2) is 5.78. The third-order valence-electron chi connectivity index (χ3n) is 2.80. The Balaban J connectivity index is 2.56. The first-order valence-corrected chi connectivity index (χ1v) is 7.06. The third-order valence-corrected chi connectivity index (χ3v) is 4.28. The second-order valence-corrected chi connectivity index (χ2v) is 5.82. The molecule has 0 nitrogen and oxygen atoms in total. The Hall–Kier alpha value is -0.640. The van der Waals surface area contributed by atoms with Gasteiger partial charge in [0.2, 0.25) is 0 Å². The van der Waals surface area contributed by atoms with Crippen LogP contribution >= 0.6 is 39.1 Å². The van der Waals surface area contributed by atoms with E-state index in [2.05, 4.69) is 15.9 Å². The van der Waals surface area contributed by atoms with E-state index in [0.29, 0.717) is 15.6 Å². The van der Waals surface area contributed by atoms with Gasteiger partial charge in [-0.15, -0.1) is 11.6 Å². The fourth-order valence-corrected chi connectivity index (χ4v) is 3.20. The topological polar surface area (TPSA) is 0 Å². The van der Waals surface area contributed by atoms with Crippen molar-refractivity contribution < 1.29 is 8.78 Å². The molecular weight excluding hydrogens is 357 g/mol. The van der Waals surface area contributed by atoms with E-state index in [1.54, 1.807) is 19.1 Å². The lowest BCUT2D eigenvalue weighted by atomic mass is 10.0. The lowest BCUT2D eigenvalue weighted by Crippen LogP contribution is -2.01. The number of hydrogen-bond donors (Lipinski definition) is 0. The highest BCUT2D eigenvalue weighted by Crippen LogP contribution is 2.39. The van der Waals surface area contributed by atoms with Crippen LogP contribution in [0.5, 0.6) is 0 Å². The molecule has 0 spiro atoms. The molecule has 1 unspecified atom stereocenters. The molecule has 2 aromatic carbocycles. The molecule has 2 aromatic rings. The highest BCUT2D eigenvalue weighted by molar-refractivity contribution is 9.10. The Labute approximate surface area is 128 Å². The van der Waals surface area contributed by atoms with E-state index >= 15 is 0 Å². The van der Waals surface area contributed by atoms with Crippen molar-refractivity contribution in [2.45, 2.75) is 12.3 Å². The first kappa shape index (κ1) is 14.8. The van der Waals surface area contributed by atoms with Gasteiger partial charge in [-0.25, -0.2) is 8.78 Å². The first-order valence-electron chi connectivity index (χ1n) is 5.45. The molecule has 0 aliphatic carbocycles. The van der Waals surface area contributed by atoms with Crippen molar-refractivity contribution in [2.75, 3.05) is 0 Å². The van der Waals surface area contributed by atoms with Crippen molar-refractivity contribution in [3.8, 4) is 0 Å². The fourth-order valence-electron chi connectivity index (χ4n) is 1.78. The average Bonchev–Trinajstić information content (AvgIpc) is 2.33. The van der Waals surface area contributed by atoms with Gasteiger partial charge in [-0.05, 0) is 42.3 Å². The number of halogens is 5. The van der Waals surface area contributed by atoms with E-state index in [0.717, 1.165) is 0 Å². The number of aryl methyl sites for hydroxylation is 1. The molecule has 0 bridgehead atoms. The zero-order chi connectivity index (χ0) is 14.2. The van der Waals surface area contributed by atoms with Gasteiger partial charge in [0, 0.05) is 15.1 Å². The van der Waals surface area contributed by atoms with Gasteiger partial charge in [-0.3, -0.25) is 0 Å². The monoisotopic (exact) mass is 364 g/mol. The summed E-state index contributed by atoms with van der Waals surface area (Å²) in [4.78, 5) is 0. The summed E-state index contributed by atoms with van der Waals surface area (Å²) in [7, 11) is 0. The quantitative estimate of drug-likeness (QED) is 0.571. The smallest absolute Gasteiger partial charge is 0.129 e. The highest BCUT2D eigenvalue weighted by Gasteiger charge is 2.21. The number of benzene rings is 2. The second-order valence-electron chi connectivity index (χ2n) is 4.12. The molecule has 0 aliphatic heterocycles. The Morgan fingerprint density at radius 1 is 1.16 bits per heavy atom. The van der Waals surface area contributed by atoms with Crippen LogP contribution in [0.2, 0.25) is 5.02 Å². The van der Waals surface area contributed by atoms with Gasteiger partial charge in [-0.1, -0.05) is 33.6 Å². The highest BCUT2D eigenvalue weighted by atomic mass is 79.9. The van der Waals surface area contributed by atoms with E-state index in [1.807, 2.05) is 0 Å². The van der Waals surface area contributed by atoms with Crippen molar-refractivity contribution in [3.05, 3.63) is 68.2 Å². The third kappa shape index (κ3) is 2.93. The summed E-state index contributed by atoms with van der Waals surface area (Å²) in [6.45, 7) is 1.61. The molecule has 0 saturated carbocycles. The normalized spacial score (nSPS) is 12.5. The van der Waals surface area contributed by atoms with Gasteiger partial charge in [0.1, 0.15) is 11.6 Å². The van der Waals surface area contributed by atoms with Crippen LogP contribution in [0.1, 0.15) is 22.1 Å². The Bertz CT molecular complexity index is 609. The molecular formula is C14H9BrCl2F2. The van der Waals surface area contributed by atoms with Gasteiger partial charge in [0.25, 0.3) is 0 Å². The van der Waals surface area contributed by atoms with Crippen molar-refractivity contribution >= 4 is 39.1 Å². The van der Waals surface area contributed by atoms with Crippen LogP contribution in [0, 0.1) is 18.6 Å². The van der Waals surface area contributed by atoms with E-state index < -0.39 is 17.0 Å². The van der Waals surface area contributed by atoms with Gasteiger partial charge < -0.3 is 0 Å². The largest absolute Gasteiger partial charge is 0.207 e. The minimum absolute atomic E-state index is 0.179. The summed E-state index contributed by atoms with van der Waals surface area (Å²) < 4.78 is 27.8. The van der Waals surface area contributed by atoms with Crippen LogP contribution < -0.4 is 0 Å². The Morgan fingerprint density at radius 2 is 1.84 bits per heavy atom. The molecule has 100 valence electrons. The number of alkyl halides is 1. The molecule has 19 heavy (non-hydrogen) atoms. The van der Waals surface area contributed by atoms with E-state index in [-0.39, 0.29) is 10.6 Å². The molecule has 0 radical (unpaired) electrons. The van der Waals surface area contributed by atoms with Crippen LogP contribution in [0.4, 0.5) is 8.78 Å². The molecule has 0 amide bonds. The zero-order valence-corrected chi connectivity index (χ0v) is 13.0. The molecule has 5 heteroatoms. The van der Waals surface area contributed by atoms with Crippen molar-refractivity contribution in [3.63, 3.8) is 0 Å². The van der Waals surface area contributed by atoms with Gasteiger partial charge >= 0.3 is 0 Å². The maximum atomic E-state index is 13.9. The molecule has 1 atom stereocenters. The van der Waals surface area contributed by atoms with Crippen LogP contribution in [0.15, 0.2) is 34.8 Å². The van der Waals surface area contributed by atoms with Crippen LogP contribution in [-0.4, -0.2) is 0 Å². The van der Waals surface area contributed by atoms with E-state index in [4.69, 9.17) is 23.2 Å². The van der Waals surface area contributed by atoms with Gasteiger partial charge in [0.15, 0.2) is 0 Å². The SMILES string of the molecule is Cc1cc(C(Cl)c2c(F)cccc2Br)c(Cl)cc1F. The van der Waals surface area contributed by atoms with Crippen LogP contribution in [0.25, 0.3) is 0 Å². The van der Waals surface area contributed by atoms with Crippen LogP contribution in [0.3, 0.4) is 0 Å². The summed E-state index contributed by atoms with van der Waals surface area (Å²) in [5, 5.41) is -0.611. The molecule has 0 saturated heterocycles. The summed E-state index contributed by atoms with van der Waals surface area (Å²) in [6.07, 6.45) is 0. The average molecular weight is 366 g/mol. The zero-order valence-electron chi connectivity index (χ0n) is 9.85. The summed E-state index contributed by atoms with van der Waals surface area (Å²) in [5.41, 5.74) is 1.18. The molecule has 2 rings (SSSR count). The van der Waals surface area contributed by atoms with E-state index in [9.17, 15) is 8.78 Å². The predicted molar refractivity (Wildman–Crippen MR) is 77.9 cm³/mol. The van der Waals surface area contributed by atoms with Gasteiger partial charge in [0.05, 0.1) is 5.38 Å². The van der Waals surface area contributed by atoms with Crippen molar-refractivity contribution in [1.82, 2.24) is 0 Å². The molecule has 0 N–H and O–H groups in total. The van der Waals surface area contributed by atoms with E-state index in [1.165, 1.54) is 18.2 Å². The molecule has 0 aromatic heterocycles. The lowest BCUT2D eigenvalue weighted by molar-refractivity contribution is 0.609. The molecule has 0 heterocycles. The molecule has 0 aliphatic rings. The summed E-state index contributed by atoms with van der Waals surface area (Å²) >= 11 is 15.5. The molecule has 0 fully saturated rings. The number of hydrogen-bond acceptors (Lipinski definition) is 0. The number of rotatable bonds is 2.